The van der Waals surface area contributed by atoms with Gasteiger partial charge in [-0.2, -0.15) is 0 Å². The van der Waals surface area contributed by atoms with E-state index in [-0.39, 0.29) is 17.6 Å². The van der Waals surface area contributed by atoms with Gasteiger partial charge in [0.2, 0.25) is 11.8 Å². The summed E-state index contributed by atoms with van der Waals surface area (Å²) in [5, 5.41) is 7.76. The van der Waals surface area contributed by atoms with Crippen LogP contribution in [0.1, 0.15) is 25.0 Å². The molecule has 1 N–H and O–H groups in total. The Balaban J connectivity index is 1.85. The van der Waals surface area contributed by atoms with Crippen LogP contribution in [0.2, 0.25) is 0 Å². The van der Waals surface area contributed by atoms with Crippen molar-refractivity contribution in [2.75, 3.05) is 0 Å². The molecule has 0 saturated heterocycles. The first kappa shape index (κ1) is 16.3. The number of furan rings is 1. The molecule has 3 rings (SSSR count). The van der Waals surface area contributed by atoms with Crippen LogP contribution in [0.25, 0.3) is 11.3 Å². The van der Waals surface area contributed by atoms with E-state index in [0.29, 0.717) is 16.7 Å². The molecule has 2 aromatic rings. The zero-order chi connectivity index (χ0) is 17.3. The number of nitrogens with one attached hydrogen (secondary N) is 1. The first-order valence-corrected chi connectivity index (χ1v) is 8.00. The van der Waals surface area contributed by atoms with Crippen LogP contribution in [0.5, 0.6) is 0 Å². The smallest absolute Gasteiger partial charge is 0.241 e. The third-order valence-electron chi connectivity index (χ3n) is 3.25. The van der Waals surface area contributed by atoms with Crippen molar-refractivity contribution >= 4 is 28.7 Å². The Morgan fingerprint density at radius 2 is 1.92 bits per heavy atom. The quantitative estimate of drug-likeness (QED) is 0.906. The SMILES string of the molecule is CC(=O)NC1=NN(C(C)=O)C(c2ccc(-c3ccc(F)cc3)o2)S1. The molecule has 0 radical (unpaired) electrons. The van der Waals surface area contributed by atoms with Crippen LogP contribution in [-0.2, 0) is 9.59 Å². The molecule has 1 unspecified atom stereocenters. The van der Waals surface area contributed by atoms with Crippen molar-refractivity contribution in [1.82, 2.24) is 10.3 Å². The van der Waals surface area contributed by atoms with Gasteiger partial charge in [-0.3, -0.25) is 9.59 Å². The normalized spacial score (nSPS) is 16.9. The van der Waals surface area contributed by atoms with Crippen LogP contribution in [0.4, 0.5) is 4.39 Å². The zero-order valence-corrected chi connectivity index (χ0v) is 13.8. The van der Waals surface area contributed by atoms with Crippen LogP contribution < -0.4 is 5.32 Å². The number of thioether (sulfide) groups is 1. The maximum Gasteiger partial charge on any atom is 0.241 e. The Kier molecular flexibility index (Phi) is 4.39. The Hall–Kier alpha value is -2.61. The average Bonchev–Trinajstić information content (AvgIpc) is 3.14. The fourth-order valence-corrected chi connectivity index (χ4v) is 3.29. The summed E-state index contributed by atoms with van der Waals surface area (Å²) >= 11 is 1.21. The van der Waals surface area contributed by atoms with E-state index >= 15 is 0 Å². The molecule has 124 valence electrons. The van der Waals surface area contributed by atoms with E-state index < -0.39 is 5.37 Å². The van der Waals surface area contributed by atoms with Crippen molar-refractivity contribution in [2.45, 2.75) is 19.2 Å². The lowest BCUT2D eigenvalue weighted by molar-refractivity contribution is -0.129. The first-order chi connectivity index (χ1) is 11.4. The summed E-state index contributed by atoms with van der Waals surface area (Å²) in [6.45, 7) is 2.76. The van der Waals surface area contributed by atoms with Crippen LogP contribution in [-0.4, -0.2) is 22.0 Å². The van der Waals surface area contributed by atoms with Gasteiger partial charge in [0.25, 0.3) is 0 Å². The van der Waals surface area contributed by atoms with Crippen molar-refractivity contribution in [3.05, 3.63) is 48.0 Å². The van der Waals surface area contributed by atoms with Gasteiger partial charge in [0.05, 0.1) is 0 Å². The third-order valence-corrected chi connectivity index (χ3v) is 4.31. The molecular weight excluding hydrogens is 333 g/mol. The molecule has 0 bridgehead atoms. The second kappa shape index (κ2) is 6.48. The number of carbonyl (C=O) groups excluding carboxylic acids is 2. The molecule has 0 spiro atoms. The zero-order valence-electron chi connectivity index (χ0n) is 12.9. The Labute approximate surface area is 141 Å². The van der Waals surface area contributed by atoms with E-state index in [1.165, 1.54) is 42.8 Å². The van der Waals surface area contributed by atoms with Crippen LogP contribution in [0.15, 0.2) is 45.9 Å². The summed E-state index contributed by atoms with van der Waals surface area (Å²) in [6, 6.07) is 9.41. The fourth-order valence-electron chi connectivity index (χ4n) is 2.20. The van der Waals surface area contributed by atoms with Gasteiger partial charge in [-0.05, 0) is 36.4 Å². The summed E-state index contributed by atoms with van der Waals surface area (Å²) in [5.41, 5.74) is 0.725. The van der Waals surface area contributed by atoms with Crippen molar-refractivity contribution in [2.24, 2.45) is 5.10 Å². The highest BCUT2D eigenvalue weighted by atomic mass is 32.2. The monoisotopic (exact) mass is 347 g/mol. The van der Waals surface area contributed by atoms with E-state index in [4.69, 9.17) is 4.42 Å². The second-order valence-electron chi connectivity index (χ2n) is 5.13. The minimum atomic E-state index is -0.501. The molecule has 0 fully saturated rings. The minimum Gasteiger partial charge on any atom is -0.458 e. The van der Waals surface area contributed by atoms with Gasteiger partial charge in [0, 0.05) is 19.4 Å². The second-order valence-corrected chi connectivity index (χ2v) is 6.20. The molecule has 2 heterocycles. The maximum absolute atomic E-state index is 13.0. The van der Waals surface area contributed by atoms with E-state index in [2.05, 4.69) is 10.4 Å². The highest BCUT2D eigenvalue weighted by Gasteiger charge is 2.34. The highest BCUT2D eigenvalue weighted by Crippen LogP contribution is 2.40. The lowest BCUT2D eigenvalue weighted by atomic mass is 10.2. The lowest BCUT2D eigenvalue weighted by Crippen LogP contribution is -2.25. The number of hydrogen-bond acceptors (Lipinski definition) is 5. The summed E-state index contributed by atoms with van der Waals surface area (Å²) in [6.07, 6.45) is 0. The summed E-state index contributed by atoms with van der Waals surface area (Å²) < 4.78 is 18.8. The number of amides is 2. The number of halogens is 1. The molecule has 6 nitrogen and oxygen atoms in total. The molecule has 1 atom stereocenters. The highest BCUT2D eigenvalue weighted by molar-refractivity contribution is 8.14. The predicted molar refractivity (Wildman–Crippen MR) is 88.2 cm³/mol. The van der Waals surface area contributed by atoms with Gasteiger partial charge < -0.3 is 9.73 Å². The molecule has 1 aromatic carbocycles. The number of hydrogen-bond donors (Lipinski definition) is 1. The van der Waals surface area contributed by atoms with Crippen molar-refractivity contribution in [3.8, 4) is 11.3 Å². The Morgan fingerprint density at radius 1 is 1.21 bits per heavy atom. The van der Waals surface area contributed by atoms with Crippen molar-refractivity contribution in [1.29, 1.82) is 0 Å². The van der Waals surface area contributed by atoms with Gasteiger partial charge in [0.1, 0.15) is 17.3 Å². The van der Waals surface area contributed by atoms with Crippen LogP contribution in [0, 0.1) is 5.82 Å². The number of benzene rings is 1. The molecule has 0 saturated carbocycles. The summed E-state index contributed by atoms with van der Waals surface area (Å²) in [4.78, 5) is 23.0. The molecule has 2 amide bonds. The standard InChI is InChI=1S/C16H14FN3O3S/c1-9(21)18-16-19-20(10(2)22)15(24-16)14-8-7-13(23-14)11-3-5-12(17)6-4-11/h3-8,15H,1-2H3,(H,18,19,21). The number of hydrazone groups is 1. The van der Waals surface area contributed by atoms with Crippen LogP contribution >= 0.6 is 11.8 Å². The lowest BCUT2D eigenvalue weighted by Gasteiger charge is -2.16. The molecule has 1 aliphatic rings. The summed E-state index contributed by atoms with van der Waals surface area (Å²) in [5.74, 6) is 0.207. The molecule has 24 heavy (non-hydrogen) atoms. The molecular formula is C16H14FN3O3S. The largest absolute Gasteiger partial charge is 0.458 e. The summed E-state index contributed by atoms with van der Waals surface area (Å²) in [7, 11) is 0. The number of rotatable bonds is 2. The minimum absolute atomic E-state index is 0.267. The number of carbonyl (C=O) groups is 2. The number of nitrogens with zero attached hydrogens (tertiary/aromatic N) is 2. The molecule has 1 aromatic heterocycles. The van der Waals surface area contributed by atoms with E-state index in [9.17, 15) is 14.0 Å². The Morgan fingerprint density at radius 3 is 2.54 bits per heavy atom. The predicted octanol–water partition coefficient (Wildman–Crippen LogP) is 3.09. The van der Waals surface area contributed by atoms with Gasteiger partial charge in [0.15, 0.2) is 10.5 Å². The fraction of sp³-hybridized carbons (Fsp3) is 0.188. The topological polar surface area (TPSA) is 74.9 Å². The van der Waals surface area contributed by atoms with Gasteiger partial charge in [-0.15, -0.1) is 5.10 Å². The van der Waals surface area contributed by atoms with Gasteiger partial charge >= 0.3 is 0 Å². The van der Waals surface area contributed by atoms with Gasteiger partial charge in [-0.25, -0.2) is 9.40 Å². The van der Waals surface area contributed by atoms with Crippen molar-refractivity contribution < 1.29 is 18.4 Å². The maximum atomic E-state index is 13.0. The molecule has 0 aliphatic carbocycles. The van der Waals surface area contributed by atoms with E-state index in [1.54, 1.807) is 24.3 Å². The molecule has 8 heteroatoms. The van der Waals surface area contributed by atoms with E-state index in [0.717, 1.165) is 5.56 Å². The van der Waals surface area contributed by atoms with Gasteiger partial charge in [-0.1, -0.05) is 11.8 Å². The first-order valence-electron chi connectivity index (χ1n) is 7.12. The van der Waals surface area contributed by atoms with Crippen LogP contribution in [0.3, 0.4) is 0 Å². The molecule has 1 aliphatic heterocycles. The average molecular weight is 347 g/mol. The Bertz CT molecular complexity index is 816. The number of amidine groups is 1. The van der Waals surface area contributed by atoms with Crippen molar-refractivity contribution in [3.63, 3.8) is 0 Å². The third kappa shape index (κ3) is 3.33. The van der Waals surface area contributed by atoms with E-state index in [1.807, 2.05) is 0 Å².